The highest BCUT2D eigenvalue weighted by Crippen LogP contribution is 2.35. The van der Waals surface area contributed by atoms with E-state index in [4.69, 9.17) is 4.74 Å². The highest BCUT2D eigenvalue weighted by Gasteiger charge is 2.20. The minimum atomic E-state index is 0.326. The topological polar surface area (TPSA) is 60.2 Å². The lowest BCUT2D eigenvalue weighted by atomic mass is 10.2. The Kier molecular flexibility index (Phi) is 4.61. The molecule has 1 heterocycles. The molecule has 3 rings (SSSR count). The van der Waals surface area contributed by atoms with E-state index in [0.29, 0.717) is 18.3 Å². The van der Waals surface area contributed by atoms with Gasteiger partial charge < -0.3 is 10.1 Å². The Bertz CT molecular complexity index is 618. The zero-order valence-corrected chi connectivity index (χ0v) is 14.7. The van der Waals surface area contributed by atoms with E-state index in [1.807, 2.05) is 6.92 Å². The first-order chi connectivity index (χ1) is 10.1. The number of nitrogens with one attached hydrogen (secondary N) is 1. The van der Waals surface area contributed by atoms with Crippen LogP contribution >= 0.6 is 31.9 Å². The molecule has 0 aliphatic heterocycles. The molecule has 2 aromatic rings. The van der Waals surface area contributed by atoms with E-state index in [1.165, 1.54) is 18.4 Å². The fraction of sp³-hybridized carbons (Fsp3) is 0.429. The van der Waals surface area contributed by atoms with E-state index < -0.39 is 0 Å². The second-order valence-corrected chi connectivity index (χ2v) is 6.84. The molecule has 1 aromatic heterocycles. The molecule has 7 heteroatoms. The van der Waals surface area contributed by atoms with Crippen molar-refractivity contribution in [1.29, 1.82) is 0 Å². The van der Waals surface area contributed by atoms with E-state index in [2.05, 4.69) is 64.3 Å². The molecule has 1 aromatic carbocycles. The maximum absolute atomic E-state index is 5.81. The van der Waals surface area contributed by atoms with Crippen molar-refractivity contribution < 1.29 is 9.37 Å². The van der Waals surface area contributed by atoms with Crippen LogP contribution in [-0.2, 0) is 13.2 Å². The number of aryl methyl sites for hydroxylation is 1. The molecule has 21 heavy (non-hydrogen) atoms. The Morgan fingerprint density at radius 1 is 1.29 bits per heavy atom. The largest absolute Gasteiger partial charge is 0.485 e. The van der Waals surface area contributed by atoms with Gasteiger partial charge in [0, 0.05) is 12.6 Å². The minimum absolute atomic E-state index is 0.326. The summed E-state index contributed by atoms with van der Waals surface area (Å²) in [5, 5.41) is 11.0. The van der Waals surface area contributed by atoms with Gasteiger partial charge in [0.1, 0.15) is 23.7 Å². The molecule has 0 atom stereocenters. The van der Waals surface area contributed by atoms with Gasteiger partial charge in [-0.3, -0.25) is 0 Å². The van der Waals surface area contributed by atoms with Crippen LogP contribution in [-0.4, -0.2) is 16.4 Å². The third-order valence-corrected chi connectivity index (χ3v) is 4.51. The fourth-order valence-electron chi connectivity index (χ4n) is 1.92. The van der Waals surface area contributed by atoms with Crippen LogP contribution in [0, 0.1) is 6.92 Å². The molecular formula is C14H15Br2N3O2. The molecule has 0 amide bonds. The number of hydrogen-bond donors (Lipinski definition) is 1. The van der Waals surface area contributed by atoms with Gasteiger partial charge in [0.2, 0.25) is 0 Å². The number of halogens is 2. The maximum atomic E-state index is 5.81. The smallest absolute Gasteiger partial charge is 0.148 e. The molecule has 1 saturated carbocycles. The van der Waals surface area contributed by atoms with Crippen molar-refractivity contribution in [1.82, 2.24) is 15.6 Å². The van der Waals surface area contributed by atoms with Gasteiger partial charge in [-0.25, -0.2) is 4.63 Å². The van der Waals surface area contributed by atoms with Gasteiger partial charge in [-0.05, 0) is 69.3 Å². The van der Waals surface area contributed by atoms with Crippen molar-refractivity contribution in [2.75, 3.05) is 0 Å². The molecular weight excluding hydrogens is 402 g/mol. The fourth-order valence-corrected chi connectivity index (χ4v) is 3.43. The molecule has 0 bridgehead atoms. The van der Waals surface area contributed by atoms with Crippen LogP contribution in [0.1, 0.15) is 29.8 Å². The minimum Gasteiger partial charge on any atom is -0.485 e. The Balaban J connectivity index is 1.68. The quantitative estimate of drug-likeness (QED) is 0.777. The number of hydrogen-bond acceptors (Lipinski definition) is 5. The van der Waals surface area contributed by atoms with Crippen LogP contribution in [0.25, 0.3) is 0 Å². The van der Waals surface area contributed by atoms with Crippen molar-refractivity contribution in [2.24, 2.45) is 0 Å². The van der Waals surface area contributed by atoms with E-state index in [-0.39, 0.29) is 0 Å². The molecule has 1 aliphatic rings. The average molecular weight is 417 g/mol. The summed E-state index contributed by atoms with van der Waals surface area (Å²) >= 11 is 7.12. The maximum Gasteiger partial charge on any atom is 0.148 e. The first kappa shape index (κ1) is 15.0. The molecule has 1 fully saturated rings. The van der Waals surface area contributed by atoms with Gasteiger partial charge in [0.15, 0.2) is 0 Å². The summed E-state index contributed by atoms with van der Waals surface area (Å²) in [6, 6.07) is 4.84. The second-order valence-electron chi connectivity index (χ2n) is 5.13. The zero-order chi connectivity index (χ0) is 14.8. The summed E-state index contributed by atoms with van der Waals surface area (Å²) in [5.74, 6) is 0.757. The number of rotatable bonds is 6. The summed E-state index contributed by atoms with van der Waals surface area (Å²) in [4.78, 5) is 0. The van der Waals surface area contributed by atoms with Gasteiger partial charge >= 0.3 is 0 Å². The van der Waals surface area contributed by atoms with Crippen LogP contribution < -0.4 is 10.1 Å². The summed E-state index contributed by atoms with van der Waals surface area (Å²) in [6.45, 7) is 3.03. The Morgan fingerprint density at radius 2 is 2.00 bits per heavy atom. The molecule has 0 radical (unpaired) electrons. The van der Waals surface area contributed by atoms with Gasteiger partial charge in [-0.2, -0.15) is 0 Å². The standard InChI is InChI=1S/C14H15Br2N3O2/c1-8-13(19-21-18-8)7-20-14-11(15)4-9(5-12(14)16)6-17-10-2-3-10/h4-5,10,17H,2-3,6-7H2,1H3. The van der Waals surface area contributed by atoms with Crippen LogP contribution in [0.2, 0.25) is 0 Å². The lowest BCUT2D eigenvalue weighted by molar-refractivity contribution is 0.268. The van der Waals surface area contributed by atoms with E-state index in [9.17, 15) is 0 Å². The van der Waals surface area contributed by atoms with Gasteiger partial charge in [0.05, 0.1) is 8.95 Å². The summed E-state index contributed by atoms with van der Waals surface area (Å²) < 4.78 is 12.3. The highest BCUT2D eigenvalue weighted by atomic mass is 79.9. The number of nitrogens with zero attached hydrogens (tertiary/aromatic N) is 2. The van der Waals surface area contributed by atoms with E-state index >= 15 is 0 Å². The van der Waals surface area contributed by atoms with Crippen molar-refractivity contribution in [3.63, 3.8) is 0 Å². The van der Waals surface area contributed by atoms with Crippen LogP contribution in [0.15, 0.2) is 25.7 Å². The second kappa shape index (κ2) is 6.46. The molecule has 0 unspecified atom stereocenters. The lowest BCUT2D eigenvalue weighted by Gasteiger charge is -2.12. The molecule has 1 N–H and O–H groups in total. The first-order valence-corrected chi connectivity index (χ1v) is 8.34. The normalized spacial score (nSPS) is 14.4. The predicted octanol–water partition coefficient (Wildman–Crippen LogP) is 3.73. The van der Waals surface area contributed by atoms with Crippen molar-refractivity contribution in [3.8, 4) is 5.75 Å². The Morgan fingerprint density at radius 3 is 2.57 bits per heavy atom. The molecule has 5 nitrogen and oxygen atoms in total. The number of benzene rings is 1. The summed E-state index contributed by atoms with van der Waals surface area (Å²) in [6.07, 6.45) is 2.57. The highest BCUT2D eigenvalue weighted by molar-refractivity contribution is 9.11. The number of aromatic nitrogens is 2. The first-order valence-electron chi connectivity index (χ1n) is 6.75. The molecule has 112 valence electrons. The third kappa shape index (κ3) is 3.84. The Labute approximate surface area is 139 Å². The Hall–Kier alpha value is -0.920. The SMILES string of the molecule is Cc1nonc1COc1c(Br)cc(CNC2CC2)cc1Br. The van der Waals surface area contributed by atoms with Crippen molar-refractivity contribution >= 4 is 31.9 Å². The van der Waals surface area contributed by atoms with E-state index in [1.54, 1.807) is 0 Å². The summed E-state index contributed by atoms with van der Waals surface area (Å²) in [7, 11) is 0. The average Bonchev–Trinajstić information content (AvgIpc) is 3.18. The van der Waals surface area contributed by atoms with Crippen LogP contribution in [0.4, 0.5) is 0 Å². The number of ether oxygens (including phenoxy) is 1. The van der Waals surface area contributed by atoms with Gasteiger partial charge in [-0.15, -0.1) is 0 Å². The lowest BCUT2D eigenvalue weighted by Crippen LogP contribution is -2.15. The molecule has 1 aliphatic carbocycles. The third-order valence-electron chi connectivity index (χ3n) is 3.33. The monoisotopic (exact) mass is 415 g/mol. The van der Waals surface area contributed by atoms with Crippen LogP contribution in [0.5, 0.6) is 5.75 Å². The van der Waals surface area contributed by atoms with Crippen molar-refractivity contribution in [2.45, 2.75) is 39.0 Å². The van der Waals surface area contributed by atoms with E-state index in [0.717, 1.165) is 26.9 Å². The van der Waals surface area contributed by atoms with Gasteiger partial charge in [0.25, 0.3) is 0 Å². The summed E-state index contributed by atoms with van der Waals surface area (Å²) in [5.41, 5.74) is 2.66. The van der Waals surface area contributed by atoms with Crippen molar-refractivity contribution in [3.05, 3.63) is 38.0 Å². The van der Waals surface area contributed by atoms with Gasteiger partial charge in [-0.1, -0.05) is 10.3 Å². The zero-order valence-electron chi connectivity index (χ0n) is 11.5. The molecule has 0 spiro atoms. The molecule has 0 saturated heterocycles. The van der Waals surface area contributed by atoms with Crippen LogP contribution in [0.3, 0.4) is 0 Å². The predicted molar refractivity (Wildman–Crippen MR) is 85.1 cm³/mol.